The molecule has 0 saturated carbocycles. The van der Waals surface area contributed by atoms with E-state index in [-0.39, 0.29) is 23.9 Å². The number of carbonyl (C=O) groups excluding carboxylic acids is 1. The lowest BCUT2D eigenvalue weighted by atomic mass is 10.1. The number of hydrogen-bond donors (Lipinski definition) is 0. The van der Waals surface area contributed by atoms with Crippen LogP contribution in [-0.4, -0.2) is 32.2 Å². The van der Waals surface area contributed by atoms with Gasteiger partial charge in [0.25, 0.3) is 0 Å². The molecule has 0 radical (unpaired) electrons. The summed E-state index contributed by atoms with van der Waals surface area (Å²) < 4.78 is 27.9. The third kappa shape index (κ3) is 5.53. The first kappa shape index (κ1) is 23.0. The number of nitrogens with zero attached hydrogens (tertiary/aromatic N) is 2. The van der Waals surface area contributed by atoms with Crippen LogP contribution in [0.3, 0.4) is 0 Å². The van der Waals surface area contributed by atoms with Gasteiger partial charge in [-0.3, -0.25) is 4.79 Å². The van der Waals surface area contributed by atoms with Gasteiger partial charge < -0.3 is 4.90 Å². The van der Waals surface area contributed by atoms with E-state index in [1.54, 1.807) is 7.05 Å². The van der Waals surface area contributed by atoms with Crippen molar-refractivity contribution in [3.05, 3.63) is 94.5 Å². The zero-order valence-electron chi connectivity index (χ0n) is 17.7. The number of benzene rings is 3. The summed E-state index contributed by atoms with van der Waals surface area (Å²) in [5.41, 5.74) is 3.70. The number of rotatable bonds is 7. The van der Waals surface area contributed by atoms with Gasteiger partial charge in [-0.25, -0.2) is 8.42 Å². The van der Waals surface area contributed by atoms with Crippen LogP contribution in [0.2, 0.25) is 5.02 Å². The van der Waals surface area contributed by atoms with Gasteiger partial charge >= 0.3 is 0 Å². The summed E-state index contributed by atoms with van der Waals surface area (Å²) in [5, 5.41) is 0.444. The first-order chi connectivity index (χ1) is 14.7. The molecule has 1 amide bonds. The Morgan fingerprint density at radius 1 is 0.903 bits per heavy atom. The Morgan fingerprint density at radius 2 is 1.55 bits per heavy atom. The molecule has 0 spiro atoms. The molecule has 0 saturated heterocycles. The lowest BCUT2D eigenvalue weighted by molar-refractivity contribution is -0.118. The van der Waals surface area contributed by atoms with Crippen LogP contribution in [0, 0.1) is 13.8 Å². The van der Waals surface area contributed by atoms with Crippen LogP contribution in [0.25, 0.3) is 0 Å². The Morgan fingerprint density at radius 3 is 2.16 bits per heavy atom. The molecule has 0 unspecified atom stereocenters. The van der Waals surface area contributed by atoms with Crippen molar-refractivity contribution in [1.82, 2.24) is 4.31 Å². The number of aryl methyl sites for hydroxylation is 2. The fourth-order valence-electron chi connectivity index (χ4n) is 3.10. The van der Waals surface area contributed by atoms with E-state index in [1.165, 1.54) is 33.5 Å². The van der Waals surface area contributed by atoms with Gasteiger partial charge in [-0.2, -0.15) is 4.31 Å². The minimum atomic E-state index is -3.91. The molecule has 0 bridgehead atoms. The number of carbonyl (C=O) groups is 1. The normalized spacial score (nSPS) is 11.5. The van der Waals surface area contributed by atoms with E-state index < -0.39 is 10.0 Å². The van der Waals surface area contributed by atoms with Crippen molar-refractivity contribution in [1.29, 1.82) is 0 Å². The minimum Gasteiger partial charge on any atom is -0.314 e. The first-order valence-electron chi connectivity index (χ1n) is 9.82. The Balaban J connectivity index is 1.91. The summed E-state index contributed by atoms with van der Waals surface area (Å²) >= 11 is 5.92. The summed E-state index contributed by atoms with van der Waals surface area (Å²) in [7, 11) is -2.26. The van der Waals surface area contributed by atoms with Crippen molar-refractivity contribution in [2.45, 2.75) is 25.3 Å². The molecule has 0 aliphatic rings. The van der Waals surface area contributed by atoms with E-state index in [1.807, 2.05) is 62.4 Å². The molecule has 31 heavy (non-hydrogen) atoms. The van der Waals surface area contributed by atoms with Gasteiger partial charge in [0.05, 0.1) is 11.4 Å². The third-order valence-corrected chi connectivity index (χ3v) is 7.27. The molecule has 3 aromatic carbocycles. The van der Waals surface area contributed by atoms with Gasteiger partial charge in [0.2, 0.25) is 15.9 Å². The summed E-state index contributed by atoms with van der Waals surface area (Å²) in [6.07, 6.45) is 0. The molecule has 0 N–H and O–H groups in total. The lowest BCUT2D eigenvalue weighted by Crippen LogP contribution is -2.41. The SMILES string of the molecule is Cc1ccc(N(C)C(=O)CN(Cc2ccccc2)S(=O)(=O)c2ccc(Cl)cc2)cc1C. The van der Waals surface area contributed by atoms with Gasteiger partial charge in [-0.15, -0.1) is 0 Å². The molecule has 3 rings (SSSR count). The molecule has 0 aliphatic heterocycles. The average Bonchev–Trinajstić information content (AvgIpc) is 2.75. The Kier molecular flexibility index (Phi) is 7.15. The van der Waals surface area contributed by atoms with E-state index in [9.17, 15) is 13.2 Å². The summed E-state index contributed by atoms with van der Waals surface area (Å²) in [6.45, 7) is 3.77. The predicted molar refractivity (Wildman–Crippen MR) is 125 cm³/mol. The molecular formula is C24H25ClN2O3S. The highest BCUT2D eigenvalue weighted by molar-refractivity contribution is 7.89. The molecule has 0 aliphatic carbocycles. The number of hydrogen-bond acceptors (Lipinski definition) is 3. The van der Waals surface area contributed by atoms with Crippen LogP contribution in [0.4, 0.5) is 5.69 Å². The molecule has 0 aromatic heterocycles. The van der Waals surface area contributed by atoms with Crippen molar-refractivity contribution >= 4 is 33.2 Å². The Labute approximate surface area is 188 Å². The monoisotopic (exact) mass is 456 g/mol. The highest BCUT2D eigenvalue weighted by atomic mass is 35.5. The van der Waals surface area contributed by atoms with E-state index in [2.05, 4.69) is 0 Å². The largest absolute Gasteiger partial charge is 0.314 e. The maximum atomic E-state index is 13.4. The van der Waals surface area contributed by atoms with Crippen molar-refractivity contribution in [2.24, 2.45) is 0 Å². The zero-order valence-corrected chi connectivity index (χ0v) is 19.3. The van der Waals surface area contributed by atoms with Gasteiger partial charge in [-0.05, 0) is 66.9 Å². The second-order valence-corrected chi connectivity index (χ2v) is 9.81. The Hall–Kier alpha value is -2.67. The zero-order chi connectivity index (χ0) is 22.6. The molecule has 3 aromatic rings. The van der Waals surface area contributed by atoms with Crippen LogP contribution >= 0.6 is 11.6 Å². The second kappa shape index (κ2) is 9.64. The quantitative estimate of drug-likeness (QED) is 0.512. The fraction of sp³-hybridized carbons (Fsp3) is 0.208. The highest BCUT2D eigenvalue weighted by Gasteiger charge is 2.28. The first-order valence-corrected chi connectivity index (χ1v) is 11.6. The third-order valence-electron chi connectivity index (χ3n) is 5.22. The maximum absolute atomic E-state index is 13.4. The number of likely N-dealkylation sites (N-methyl/N-ethyl adjacent to an activating group) is 1. The lowest BCUT2D eigenvalue weighted by Gasteiger charge is -2.25. The van der Waals surface area contributed by atoms with Crippen LogP contribution in [0.15, 0.2) is 77.7 Å². The molecule has 162 valence electrons. The maximum Gasteiger partial charge on any atom is 0.243 e. The minimum absolute atomic E-state index is 0.0817. The van der Waals surface area contributed by atoms with E-state index in [4.69, 9.17) is 11.6 Å². The van der Waals surface area contributed by atoms with Crippen molar-refractivity contribution in [2.75, 3.05) is 18.5 Å². The van der Waals surface area contributed by atoms with Crippen LogP contribution in [0.1, 0.15) is 16.7 Å². The van der Waals surface area contributed by atoms with Crippen molar-refractivity contribution in [3.8, 4) is 0 Å². The summed E-state index contributed by atoms with van der Waals surface area (Å²) in [5.74, 6) is -0.322. The van der Waals surface area contributed by atoms with Gasteiger partial charge in [0, 0.05) is 24.3 Å². The van der Waals surface area contributed by atoms with Gasteiger partial charge in [0.1, 0.15) is 0 Å². The van der Waals surface area contributed by atoms with Crippen molar-refractivity contribution < 1.29 is 13.2 Å². The number of anilines is 1. The summed E-state index contributed by atoms with van der Waals surface area (Å²) in [4.78, 5) is 14.7. The van der Waals surface area contributed by atoms with Gasteiger partial charge in [-0.1, -0.05) is 48.0 Å². The van der Waals surface area contributed by atoms with E-state index in [0.29, 0.717) is 5.02 Å². The fourth-order valence-corrected chi connectivity index (χ4v) is 4.61. The smallest absolute Gasteiger partial charge is 0.243 e. The standard InChI is InChI=1S/C24H25ClN2O3S/c1-18-9-12-22(15-19(18)2)26(3)24(28)17-27(16-20-7-5-4-6-8-20)31(29,30)23-13-10-21(25)11-14-23/h4-15H,16-17H2,1-3H3. The molecule has 0 fully saturated rings. The second-order valence-electron chi connectivity index (χ2n) is 7.43. The molecule has 0 atom stereocenters. The topological polar surface area (TPSA) is 57.7 Å². The predicted octanol–water partition coefficient (Wildman–Crippen LogP) is 4.81. The summed E-state index contributed by atoms with van der Waals surface area (Å²) in [6, 6.07) is 20.9. The molecule has 7 heteroatoms. The molecule has 0 heterocycles. The van der Waals surface area contributed by atoms with E-state index >= 15 is 0 Å². The van der Waals surface area contributed by atoms with Gasteiger partial charge in [0.15, 0.2) is 0 Å². The van der Waals surface area contributed by atoms with Crippen LogP contribution < -0.4 is 4.90 Å². The van der Waals surface area contributed by atoms with Crippen molar-refractivity contribution in [3.63, 3.8) is 0 Å². The van der Waals surface area contributed by atoms with Crippen LogP contribution in [-0.2, 0) is 21.4 Å². The number of halogens is 1. The molecular weight excluding hydrogens is 432 g/mol. The Bertz CT molecular complexity index is 1160. The number of amides is 1. The highest BCUT2D eigenvalue weighted by Crippen LogP contribution is 2.22. The molecule has 5 nitrogen and oxygen atoms in total. The average molecular weight is 457 g/mol. The number of sulfonamides is 1. The van der Waals surface area contributed by atoms with E-state index in [0.717, 1.165) is 22.4 Å². The van der Waals surface area contributed by atoms with Crippen LogP contribution in [0.5, 0.6) is 0 Å².